The van der Waals surface area contributed by atoms with Gasteiger partial charge in [-0.2, -0.15) is 0 Å². The molecule has 0 aliphatic carbocycles. The molecule has 0 saturated carbocycles. The number of hydrogen-bond acceptors (Lipinski definition) is 5. The Labute approximate surface area is 217 Å². The van der Waals surface area contributed by atoms with E-state index in [9.17, 15) is 4.79 Å². The fourth-order valence-corrected chi connectivity index (χ4v) is 4.91. The van der Waals surface area contributed by atoms with E-state index in [0.717, 1.165) is 42.0 Å². The maximum atomic E-state index is 12.5. The van der Waals surface area contributed by atoms with E-state index in [0.29, 0.717) is 18.1 Å². The number of carbonyl (C=O) groups excluding carboxylic acids is 1. The molecule has 3 aromatic carbocycles. The Hall–Kier alpha value is -4.16. The molecule has 0 spiro atoms. The van der Waals surface area contributed by atoms with Crippen LogP contribution in [-0.2, 0) is 19.5 Å². The van der Waals surface area contributed by atoms with E-state index >= 15 is 0 Å². The van der Waals surface area contributed by atoms with Crippen molar-refractivity contribution in [3.8, 4) is 22.8 Å². The summed E-state index contributed by atoms with van der Waals surface area (Å²) < 4.78 is 11.7. The topological polar surface area (TPSA) is 63.7 Å². The minimum Gasteiger partial charge on any atom is -0.492 e. The average Bonchev–Trinajstić information content (AvgIpc) is 2.96. The number of methoxy groups -OCH3 is 1. The second-order valence-corrected chi connectivity index (χ2v) is 9.19. The Morgan fingerprint density at radius 2 is 1.68 bits per heavy atom. The molecule has 2 heterocycles. The quantitative estimate of drug-likeness (QED) is 0.369. The first kappa shape index (κ1) is 24.5. The maximum Gasteiger partial charge on any atom is 0.256 e. The molecule has 1 amide bonds. The first-order valence-electron chi connectivity index (χ1n) is 12.5. The Morgan fingerprint density at radius 3 is 2.30 bits per heavy atom. The molecule has 0 fully saturated rings. The summed E-state index contributed by atoms with van der Waals surface area (Å²) in [7, 11) is 3.12. The first-order chi connectivity index (χ1) is 18.2. The van der Waals surface area contributed by atoms with Crippen molar-refractivity contribution in [1.29, 1.82) is 0 Å². The van der Waals surface area contributed by atoms with Crippen LogP contribution in [0.4, 0.5) is 0 Å². The number of ether oxygens (including phenoxy) is 2. The lowest BCUT2D eigenvalue weighted by atomic mass is 9.92. The summed E-state index contributed by atoms with van der Waals surface area (Å²) in [6.07, 6.45) is 2.59. The van der Waals surface area contributed by atoms with Gasteiger partial charge in [0.25, 0.3) is 5.91 Å². The fraction of sp³-hybridized carbons (Fsp3) is 0.226. The highest BCUT2D eigenvalue weighted by atomic mass is 16.5. The summed E-state index contributed by atoms with van der Waals surface area (Å²) in [6, 6.07) is 29.2. The number of nitrogens with zero attached hydrogens (tertiary/aromatic N) is 2. The Bertz CT molecular complexity index is 1320. The summed E-state index contributed by atoms with van der Waals surface area (Å²) in [5, 5.41) is 2.68. The van der Waals surface area contributed by atoms with Gasteiger partial charge < -0.3 is 14.8 Å². The number of pyridine rings is 1. The molecule has 1 aliphatic rings. The van der Waals surface area contributed by atoms with Crippen molar-refractivity contribution in [2.24, 2.45) is 0 Å². The third-order valence-corrected chi connectivity index (χ3v) is 6.80. The number of nitrogens with one attached hydrogen (secondary N) is 1. The zero-order valence-electron chi connectivity index (χ0n) is 21.2. The zero-order valence-corrected chi connectivity index (χ0v) is 21.2. The van der Waals surface area contributed by atoms with Crippen LogP contribution < -0.4 is 14.8 Å². The molecule has 0 radical (unpaired) electrons. The van der Waals surface area contributed by atoms with Crippen LogP contribution >= 0.6 is 0 Å². The molecule has 5 rings (SSSR count). The first-order valence-corrected chi connectivity index (χ1v) is 12.5. The highest BCUT2D eigenvalue weighted by Crippen LogP contribution is 2.36. The molecule has 0 bridgehead atoms. The third-order valence-electron chi connectivity index (χ3n) is 6.80. The second kappa shape index (κ2) is 11.3. The van der Waals surface area contributed by atoms with Gasteiger partial charge in [-0.05, 0) is 35.2 Å². The molecule has 1 atom stereocenters. The van der Waals surface area contributed by atoms with E-state index in [1.807, 2.05) is 30.3 Å². The fourth-order valence-electron chi connectivity index (χ4n) is 4.91. The van der Waals surface area contributed by atoms with E-state index in [4.69, 9.17) is 9.47 Å². The van der Waals surface area contributed by atoms with Crippen molar-refractivity contribution in [2.45, 2.75) is 25.6 Å². The van der Waals surface area contributed by atoms with Crippen molar-refractivity contribution >= 4 is 5.91 Å². The lowest BCUT2D eigenvalue weighted by Crippen LogP contribution is -2.42. The molecule has 6 nitrogen and oxygen atoms in total. The number of amides is 1. The van der Waals surface area contributed by atoms with Crippen LogP contribution in [0.25, 0.3) is 11.1 Å². The van der Waals surface area contributed by atoms with Gasteiger partial charge in [0.2, 0.25) is 5.88 Å². The Balaban J connectivity index is 1.49. The predicted molar refractivity (Wildman–Crippen MR) is 145 cm³/mol. The van der Waals surface area contributed by atoms with Gasteiger partial charge in [-0.3, -0.25) is 9.69 Å². The van der Waals surface area contributed by atoms with Crippen LogP contribution in [0.15, 0.2) is 91.1 Å². The third kappa shape index (κ3) is 5.49. The molecule has 1 N–H and O–H groups in total. The van der Waals surface area contributed by atoms with E-state index in [1.165, 1.54) is 18.2 Å². The Kier molecular flexibility index (Phi) is 7.47. The number of benzene rings is 3. The highest BCUT2D eigenvalue weighted by Gasteiger charge is 2.28. The highest BCUT2D eigenvalue weighted by molar-refractivity contribution is 5.97. The van der Waals surface area contributed by atoms with E-state index < -0.39 is 0 Å². The van der Waals surface area contributed by atoms with Crippen molar-refractivity contribution in [1.82, 2.24) is 15.2 Å². The SMILES string of the molecule is CNC(=O)c1cc(-c2cccc3c2C[C@H](N(Cc2ccccc2)Cc2ccccc2)CO3)cnc1OC. The number of hydrogen-bond donors (Lipinski definition) is 1. The monoisotopic (exact) mass is 493 g/mol. The minimum absolute atomic E-state index is 0.179. The molecule has 0 saturated heterocycles. The summed E-state index contributed by atoms with van der Waals surface area (Å²) in [4.78, 5) is 19.4. The van der Waals surface area contributed by atoms with Crippen LogP contribution in [0.3, 0.4) is 0 Å². The van der Waals surface area contributed by atoms with Gasteiger partial charge in [0.05, 0.1) is 7.11 Å². The van der Waals surface area contributed by atoms with E-state index in [-0.39, 0.29) is 11.9 Å². The predicted octanol–water partition coefficient (Wildman–Crippen LogP) is 5.12. The molecule has 6 heteroatoms. The lowest BCUT2D eigenvalue weighted by Gasteiger charge is -2.36. The van der Waals surface area contributed by atoms with Gasteiger partial charge in [0, 0.05) is 43.5 Å². The van der Waals surface area contributed by atoms with Gasteiger partial charge in [-0.15, -0.1) is 0 Å². The number of carbonyl (C=O) groups is 1. The standard InChI is InChI=1S/C31H31N3O3/c1-32-30(35)28-16-24(18-33-31(28)36-2)26-14-9-15-29-27(26)17-25(21-37-29)34(19-22-10-5-3-6-11-22)20-23-12-7-4-8-13-23/h3-16,18,25H,17,19-21H2,1-2H3,(H,32,35)/t25-/m0/s1. The Morgan fingerprint density at radius 1 is 1.00 bits per heavy atom. The van der Waals surface area contributed by atoms with Crippen LogP contribution in [0.1, 0.15) is 27.0 Å². The summed E-state index contributed by atoms with van der Waals surface area (Å²) in [6.45, 7) is 2.26. The largest absolute Gasteiger partial charge is 0.492 e. The molecule has 1 aliphatic heterocycles. The minimum atomic E-state index is -0.234. The molecule has 37 heavy (non-hydrogen) atoms. The zero-order chi connectivity index (χ0) is 25.6. The van der Waals surface area contributed by atoms with Gasteiger partial charge in [-0.1, -0.05) is 72.8 Å². The van der Waals surface area contributed by atoms with Crippen molar-refractivity contribution in [3.63, 3.8) is 0 Å². The molecular formula is C31H31N3O3. The van der Waals surface area contributed by atoms with Gasteiger partial charge in [-0.25, -0.2) is 4.98 Å². The maximum absolute atomic E-state index is 12.5. The van der Waals surface area contributed by atoms with Crippen LogP contribution in [0.2, 0.25) is 0 Å². The number of rotatable bonds is 8. The molecule has 1 aromatic heterocycles. The number of fused-ring (bicyclic) bond motifs is 1. The second-order valence-electron chi connectivity index (χ2n) is 9.19. The van der Waals surface area contributed by atoms with Crippen LogP contribution in [-0.4, -0.2) is 42.6 Å². The van der Waals surface area contributed by atoms with Gasteiger partial charge in [0.1, 0.15) is 17.9 Å². The number of aromatic nitrogens is 1. The molecule has 0 unspecified atom stereocenters. The van der Waals surface area contributed by atoms with Crippen molar-refractivity contribution in [2.75, 3.05) is 20.8 Å². The normalized spacial score (nSPS) is 14.5. The smallest absolute Gasteiger partial charge is 0.256 e. The van der Waals surface area contributed by atoms with Gasteiger partial charge >= 0.3 is 0 Å². The van der Waals surface area contributed by atoms with Crippen LogP contribution in [0.5, 0.6) is 11.6 Å². The summed E-state index contributed by atoms with van der Waals surface area (Å²) >= 11 is 0. The lowest BCUT2D eigenvalue weighted by molar-refractivity contribution is 0.0959. The molecule has 4 aromatic rings. The molecular weight excluding hydrogens is 462 g/mol. The average molecular weight is 494 g/mol. The summed E-state index contributed by atoms with van der Waals surface area (Å²) in [5.41, 5.74) is 5.95. The van der Waals surface area contributed by atoms with Gasteiger partial charge in [0.15, 0.2) is 0 Å². The van der Waals surface area contributed by atoms with Crippen molar-refractivity contribution in [3.05, 3.63) is 113 Å². The van der Waals surface area contributed by atoms with Crippen molar-refractivity contribution < 1.29 is 14.3 Å². The molecule has 188 valence electrons. The van der Waals surface area contributed by atoms with E-state index in [1.54, 1.807) is 13.2 Å². The van der Waals surface area contributed by atoms with Crippen LogP contribution in [0, 0.1) is 0 Å². The van der Waals surface area contributed by atoms with E-state index in [2.05, 4.69) is 69.8 Å². The summed E-state index contributed by atoms with van der Waals surface area (Å²) in [5.74, 6) is 0.950.